The first kappa shape index (κ1) is 20.1. The average molecular weight is 503 g/mol. The predicted octanol–water partition coefficient (Wildman–Crippen LogP) is 2.88. The van der Waals surface area contributed by atoms with Gasteiger partial charge in [0.25, 0.3) is 0 Å². The Balaban J connectivity index is 0.00000210. The van der Waals surface area contributed by atoms with Crippen molar-refractivity contribution in [3.8, 4) is 0 Å². The van der Waals surface area contributed by atoms with Crippen molar-refractivity contribution in [2.45, 2.75) is 18.4 Å². The number of benzene rings is 1. The van der Waals surface area contributed by atoms with Crippen LogP contribution in [0.5, 0.6) is 0 Å². The first-order valence-corrected chi connectivity index (χ1v) is 9.05. The van der Waals surface area contributed by atoms with Gasteiger partial charge in [-0.3, -0.25) is 0 Å². The van der Waals surface area contributed by atoms with Crippen LogP contribution in [-0.2, 0) is 0 Å². The predicted molar refractivity (Wildman–Crippen MR) is 115 cm³/mol. The first-order chi connectivity index (χ1) is 12.6. The minimum Gasteiger partial charge on any atom is -0.370 e. The molecular formula is C18H21ClFIN6. The van der Waals surface area contributed by atoms with Gasteiger partial charge in [0.1, 0.15) is 5.82 Å². The van der Waals surface area contributed by atoms with Gasteiger partial charge >= 0.3 is 0 Å². The molecule has 0 unspecified atom stereocenters. The highest BCUT2D eigenvalue weighted by atomic mass is 127. The van der Waals surface area contributed by atoms with Crippen molar-refractivity contribution in [3.63, 3.8) is 0 Å². The number of hydrogen-bond donors (Lipinski definition) is 1. The highest BCUT2D eigenvalue weighted by molar-refractivity contribution is 14.0. The monoisotopic (exact) mass is 502 g/mol. The number of halogens is 3. The van der Waals surface area contributed by atoms with Gasteiger partial charge in [-0.25, -0.2) is 19.4 Å². The number of aliphatic imine (C=N–C) groups is 1. The lowest BCUT2D eigenvalue weighted by atomic mass is 10.1. The van der Waals surface area contributed by atoms with E-state index in [1.165, 1.54) is 6.07 Å². The van der Waals surface area contributed by atoms with Gasteiger partial charge in [-0.05, 0) is 30.2 Å². The van der Waals surface area contributed by atoms with Crippen LogP contribution in [-0.4, -0.2) is 53.0 Å². The molecule has 9 heteroatoms. The molecule has 4 rings (SSSR count). The van der Waals surface area contributed by atoms with Crippen molar-refractivity contribution < 1.29 is 4.39 Å². The summed E-state index contributed by atoms with van der Waals surface area (Å²) in [4.78, 5) is 17.4. The molecule has 2 aliphatic rings. The Morgan fingerprint density at radius 3 is 2.56 bits per heavy atom. The maximum Gasteiger partial charge on any atom is 0.225 e. The van der Waals surface area contributed by atoms with E-state index in [1.807, 2.05) is 12.1 Å². The lowest BCUT2D eigenvalue weighted by Gasteiger charge is -2.35. The van der Waals surface area contributed by atoms with Gasteiger partial charge < -0.3 is 15.5 Å². The molecule has 2 N–H and O–H groups in total. The van der Waals surface area contributed by atoms with Crippen LogP contribution in [0.4, 0.5) is 10.3 Å². The highest BCUT2D eigenvalue weighted by Crippen LogP contribution is 2.44. The zero-order valence-corrected chi connectivity index (χ0v) is 17.7. The standard InChI is InChI=1S/C18H20ClFN6.HI/c19-14-3-2-12(10-15(14)20)13-11-16(13)24-17(21)25-6-8-26(9-7-25)18-22-4-1-5-23-18;/h1-5,10,13,16H,6-9,11H2,(H2,21,24);1H/t13-,16+;/m0./s1. The largest absolute Gasteiger partial charge is 0.370 e. The van der Waals surface area contributed by atoms with E-state index in [2.05, 4.69) is 24.8 Å². The fraction of sp³-hybridized carbons (Fsp3) is 0.389. The number of nitrogens with two attached hydrogens (primary N) is 1. The van der Waals surface area contributed by atoms with Gasteiger partial charge in [0.2, 0.25) is 5.95 Å². The molecule has 0 radical (unpaired) electrons. The number of rotatable bonds is 3. The molecule has 2 fully saturated rings. The fourth-order valence-corrected chi connectivity index (χ4v) is 3.38. The van der Waals surface area contributed by atoms with Gasteiger partial charge in [0, 0.05) is 44.5 Å². The lowest BCUT2D eigenvalue weighted by molar-refractivity contribution is 0.378. The van der Waals surface area contributed by atoms with E-state index in [9.17, 15) is 4.39 Å². The molecule has 0 amide bonds. The molecule has 1 aliphatic heterocycles. The maximum absolute atomic E-state index is 13.6. The van der Waals surface area contributed by atoms with Crippen LogP contribution in [0.1, 0.15) is 17.9 Å². The Kier molecular flexibility index (Phi) is 6.36. The van der Waals surface area contributed by atoms with E-state index in [4.69, 9.17) is 17.3 Å². The van der Waals surface area contributed by atoms with Crippen LogP contribution < -0.4 is 10.6 Å². The summed E-state index contributed by atoms with van der Waals surface area (Å²) in [5.41, 5.74) is 7.13. The van der Waals surface area contributed by atoms with Crippen LogP contribution in [0.2, 0.25) is 5.02 Å². The van der Waals surface area contributed by atoms with E-state index in [0.29, 0.717) is 5.96 Å². The molecule has 1 saturated heterocycles. The third kappa shape index (κ3) is 4.60. The molecule has 1 aliphatic carbocycles. The van der Waals surface area contributed by atoms with Crippen molar-refractivity contribution in [1.82, 2.24) is 14.9 Å². The van der Waals surface area contributed by atoms with Crippen LogP contribution in [0, 0.1) is 5.82 Å². The molecule has 2 heterocycles. The minimum atomic E-state index is -0.383. The molecule has 27 heavy (non-hydrogen) atoms. The van der Waals surface area contributed by atoms with Gasteiger partial charge in [-0.1, -0.05) is 17.7 Å². The van der Waals surface area contributed by atoms with E-state index in [1.54, 1.807) is 18.5 Å². The highest BCUT2D eigenvalue weighted by Gasteiger charge is 2.39. The molecule has 2 aromatic rings. The zero-order chi connectivity index (χ0) is 18.1. The average Bonchev–Trinajstić information content (AvgIpc) is 3.44. The van der Waals surface area contributed by atoms with Crippen LogP contribution in [0.25, 0.3) is 0 Å². The minimum absolute atomic E-state index is 0. The smallest absolute Gasteiger partial charge is 0.225 e. The molecule has 0 spiro atoms. The molecule has 2 atom stereocenters. The lowest BCUT2D eigenvalue weighted by Crippen LogP contribution is -2.51. The van der Waals surface area contributed by atoms with Crippen LogP contribution in [0.3, 0.4) is 0 Å². The van der Waals surface area contributed by atoms with Gasteiger partial charge in [0.15, 0.2) is 5.96 Å². The number of aromatic nitrogens is 2. The topological polar surface area (TPSA) is 70.6 Å². The quantitative estimate of drug-likeness (QED) is 0.397. The van der Waals surface area contributed by atoms with Crippen molar-refractivity contribution >= 4 is 47.5 Å². The fourth-order valence-electron chi connectivity index (χ4n) is 3.27. The van der Waals surface area contributed by atoms with Crippen molar-refractivity contribution in [2.75, 3.05) is 31.1 Å². The van der Waals surface area contributed by atoms with E-state index < -0.39 is 0 Å². The zero-order valence-electron chi connectivity index (χ0n) is 14.6. The second kappa shape index (κ2) is 8.55. The molecule has 0 bridgehead atoms. The normalized spacial score (nSPS) is 22.4. The van der Waals surface area contributed by atoms with Gasteiger partial charge in [-0.15, -0.1) is 24.0 Å². The number of hydrogen-bond acceptors (Lipinski definition) is 4. The summed E-state index contributed by atoms with van der Waals surface area (Å²) in [6.07, 6.45) is 4.38. The Morgan fingerprint density at radius 1 is 1.19 bits per heavy atom. The van der Waals surface area contributed by atoms with Crippen molar-refractivity contribution in [1.29, 1.82) is 0 Å². The number of nitrogens with zero attached hydrogens (tertiary/aromatic N) is 5. The van der Waals surface area contributed by atoms with E-state index in [-0.39, 0.29) is 46.8 Å². The summed E-state index contributed by atoms with van der Waals surface area (Å²) in [6.45, 7) is 3.16. The third-order valence-electron chi connectivity index (χ3n) is 4.87. The molecule has 1 saturated carbocycles. The number of anilines is 1. The van der Waals surface area contributed by atoms with Crippen LogP contribution in [0.15, 0.2) is 41.7 Å². The number of piperazine rings is 1. The second-order valence-electron chi connectivity index (χ2n) is 6.59. The van der Waals surface area contributed by atoms with E-state index >= 15 is 0 Å². The summed E-state index contributed by atoms with van der Waals surface area (Å²) < 4.78 is 13.6. The third-order valence-corrected chi connectivity index (χ3v) is 5.17. The summed E-state index contributed by atoms with van der Waals surface area (Å²) in [5.74, 6) is 1.14. The molecule has 1 aromatic heterocycles. The van der Waals surface area contributed by atoms with Gasteiger partial charge in [0.05, 0.1) is 11.1 Å². The Morgan fingerprint density at radius 2 is 1.89 bits per heavy atom. The SMILES string of the molecule is I.NC(=N[C@@H]1C[C@H]1c1ccc(Cl)c(F)c1)N1CCN(c2ncccn2)CC1. The Bertz CT molecular complexity index is 813. The van der Waals surface area contributed by atoms with Crippen molar-refractivity contribution in [3.05, 3.63) is 53.1 Å². The van der Waals surface area contributed by atoms with Gasteiger partial charge in [-0.2, -0.15) is 0 Å². The van der Waals surface area contributed by atoms with E-state index in [0.717, 1.165) is 44.1 Å². The summed E-state index contributed by atoms with van der Waals surface area (Å²) in [6, 6.07) is 6.88. The molecule has 144 valence electrons. The summed E-state index contributed by atoms with van der Waals surface area (Å²) in [7, 11) is 0. The maximum atomic E-state index is 13.6. The summed E-state index contributed by atoms with van der Waals surface area (Å²) >= 11 is 5.74. The Labute approximate surface area is 179 Å². The first-order valence-electron chi connectivity index (χ1n) is 8.67. The molecular weight excluding hydrogens is 482 g/mol. The second-order valence-corrected chi connectivity index (χ2v) is 7.00. The summed E-state index contributed by atoms with van der Waals surface area (Å²) in [5, 5.41) is 0.147. The molecule has 1 aromatic carbocycles. The Hall–Kier alpha value is -1.68. The number of guanidine groups is 1. The van der Waals surface area contributed by atoms with Crippen LogP contribution >= 0.6 is 35.6 Å². The van der Waals surface area contributed by atoms with Crippen molar-refractivity contribution in [2.24, 2.45) is 10.7 Å². The molecule has 6 nitrogen and oxygen atoms in total.